The average molecular weight is 331 g/mol. The van der Waals surface area contributed by atoms with E-state index in [2.05, 4.69) is 51.5 Å². The molecule has 0 aliphatic carbocycles. The zero-order valence-corrected chi connectivity index (χ0v) is 15.6. The highest BCUT2D eigenvalue weighted by Gasteiger charge is 2.20. The lowest BCUT2D eigenvalue weighted by molar-refractivity contribution is -0.142. The molecule has 0 aromatic rings. The maximum Gasteiger partial charge on any atom is 0.307 e. The van der Waals surface area contributed by atoms with E-state index in [1.165, 1.54) is 12.8 Å². The summed E-state index contributed by atoms with van der Waals surface area (Å²) in [5.74, 6) is 7.50. The molecule has 0 aliphatic rings. The summed E-state index contributed by atoms with van der Waals surface area (Å²) in [5.41, 5.74) is 0. The number of hydrogen-bond donors (Lipinski definition) is 0. The zero-order valence-electron chi connectivity index (χ0n) is 15.6. The molecule has 2 heteroatoms. The third kappa shape index (κ3) is 10.9. The summed E-state index contributed by atoms with van der Waals surface area (Å²) in [6.45, 7) is 16.0. The van der Waals surface area contributed by atoms with Crippen LogP contribution in [0.3, 0.4) is 0 Å². The van der Waals surface area contributed by atoms with Gasteiger partial charge in [0.25, 0.3) is 0 Å². The molecule has 0 radical (unpaired) electrons. The lowest BCUT2D eigenvalue weighted by atomic mass is 9.79. The predicted molar refractivity (Wildman–Crippen MR) is 103 cm³/mol. The first-order valence-corrected chi connectivity index (χ1v) is 9.02. The Balaban J connectivity index is 4.41. The van der Waals surface area contributed by atoms with Gasteiger partial charge in [0.15, 0.2) is 6.61 Å². The minimum Gasteiger partial charge on any atom is -0.452 e. The van der Waals surface area contributed by atoms with Crippen LogP contribution in [0.1, 0.15) is 58.8 Å². The lowest BCUT2D eigenvalue weighted by Crippen LogP contribution is -2.18. The molecule has 2 atom stereocenters. The van der Waals surface area contributed by atoms with Crippen molar-refractivity contribution < 1.29 is 9.53 Å². The largest absolute Gasteiger partial charge is 0.452 e. The second kappa shape index (κ2) is 14.8. The first kappa shape index (κ1) is 22.2. The number of esters is 1. The Morgan fingerprint density at radius 2 is 1.79 bits per heavy atom. The van der Waals surface area contributed by atoms with Crippen molar-refractivity contribution >= 4 is 5.97 Å². The number of hydrogen-bond acceptors (Lipinski definition) is 2. The summed E-state index contributed by atoms with van der Waals surface area (Å²) in [6.07, 6.45) is 12.2. The van der Waals surface area contributed by atoms with Gasteiger partial charge in [0.05, 0.1) is 0 Å². The van der Waals surface area contributed by atoms with Crippen molar-refractivity contribution in [2.45, 2.75) is 58.8 Å². The molecule has 0 aliphatic heterocycles. The Hall–Kier alpha value is -1.75. The Labute approximate surface area is 149 Å². The molecule has 0 unspecified atom stereocenters. The van der Waals surface area contributed by atoms with Crippen molar-refractivity contribution in [3.63, 3.8) is 0 Å². The van der Waals surface area contributed by atoms with Crippen LogP contribution < -0.4 is 0 Å². The maximum absolute atomic E-state index is 11.4. The minimum absolute atomic E-state index is 0.180. The van der Waals surface area contributed by atoms with Gasteiger partial charge in [-0.05, 0) is 43.4 Å². The maximum atomic E-state index is 11.4. The number of unbranched alkanes of at least 4 members (excludes halogenated alkanes) is 2. The molecule has 0 fully saturated rings. The normalized spacial score (nSPS) is 12.6. The first-order chi connectivity index (χ1) is 11.6. The van der Waals surface area contributed by atoms with Gasteiger partial charge in [0.1, 0.15) is 0 Å². The van der Waals surface area contributed by atoms with Crippen LogP contribution in [0, 0.1) is 29.6 Å². The summed E-state index contributed by atoms with van der Waals surface area (Å²) in [6, 6.07) is 0. The van der Waals surface area contributed by atoms with Crippen LogP contribution in [0.2, 0.25) is 0 Å². The van der Waals surface area contributed by atoms with Crippen molar-refractivity contribution in [2.24, 2.45) is 17.8 Å². The number of carbonyl (C=O) groups excluding carboxylic acids is 1. The SMILES string of the molecule is C=CCCCC[C@@H](CC#CCOC(=O)CCC=C)[C@H](C=C)C(C)C. The van der Waals surface area contributed by atoms with Gasteiger partial charge in [-0.3, -0.25) is 4.79 Å². The number of allylic oxidation sites excluding steroid dienone is 3. The molecule has 134 valence electrons. The third-order valence-corrected chi connectivity index (χ3v) is 4.17. The van der Waals surface area contributed by atoms with E-state index in [0.717, 1.165) is 19.3 Å². The fourth-order valence-corrected chi connectivity index (χ4v) is 2.80. The summed E-state index contributed by atoms with van der Waals surface area (Å²) < 4.78 is 5.08. The van der Waals surface area contributed by atoms with Gasteiger partial charge in [0.2, 0.25) is 0 Å². The second-order valence-electron chi connectivity index (χ2n) is 6.44. The Morgan fingerprint density at radius 3 is 2.38 bits per heavy atom. The molecule has 0 saturated carbocycles. The van der Waals surface area contributed by atoms with Gasteiger partial charge in [-0.25, -0.2) is 0 Å². The monoisotopic (exact) mass is 330 g/mol. The van der Waals surface area contributed by atoms with Crippen LogP contribution in [0.4, 0.5) is 0 Å². The second-order valence-corrected chi connectivity index (χ2v) is 6.44. The zero-order chi connectivity index (χ0) is 18.2. The van der Waals surface area contributed by atoms with E-state index in [9.17, 15) is 4.79 Å². The van der Waals surface area contributed by atoms with Crippen LogP contribution in [-0.4, -0.2) is 12.6 Å². The van der Waals surface area contributed by atoms with E-state index < -0.39 is 0 Å². The van der Waals surface area contributed by atoms with Crippen LogP contribution in [0.5, 0.6) is 0 Å². The Kier molecular flexibility index (Phi) is 13.7. The quantitative estimate of drug-likeness (QED) is 0.187. The molecule has 0 spiro atoms. The van der Waals surface area contributed by atoms with Crippen molar-refractivity contribution in [2.75, 3.05) is 6.61 Å². The molecule has 0 bridgehead atoms. The summed E-state index contributed by atoms with van der Waals surface area (Å²) in [5, 5.41) is 0. The van der Waals surface area contributed by atoms with Crippen LogP contribution in [0.25, 0.3) is 0 Å². The van der Waals surface area contributed by atoms with Crippen LogP contribution >= 0.6 is 0 Å². The summed E-state index contributed by atoms with van der Waals surface area (Å²) in [7, 11) is 0. The molecular formula is C22H34O2. The van der Waals surface area contributed by atoms with E-state index in [0.29, 0.717) is 30.6 Å². The van der Waals surface area contributed by atoms with Crippen molar-refractivity contribution in [1.29, 1.82) is 0 Å². The molecule has 0 rings (SSSR count). The van der Waals surface area contributed by atoms with Crippen molar-refractivity contribution in [3.05, 3.63) is 38.0 Å². The fraction of sp³-hybridized carbons (Fsp3) is 0.591. The predicted octanol–water partition coefficient (Wildman–Crippen LogP) is 5.71. The Bertz CT molecular complexity index is 437. The molecule has 0 saturated heterocycles. The first-order valence-electron chi connectivity index (χ1n) is 9.02. The van der Waals surface area contributed by atoms with E-state index in [4.69, 9.17) is 4.74 Å². The summed E-state index contributed by atoms with van der Waals surface area (Å²) >= 11 is 0. The van der Waals surface area contributed by atoms with Gasteiger partial charge in [-0.1, -0.05) is 50.3 Å². The van der Waals surface area contributed by atoms with Crippen molar-refractivity contribution in [1.82, 2.24) is 0 Å². The molecule has 24 heavy (non-hydrogen) atoms. The molecule has 0 aromatic carbocycles. The Morgan fingerprint density at radius 1 is 1.08 bits per heavy atom. The topological polar surface area (TPSA) is 26.3 Å². The summed E-state index contributed by atoms with van der Waals surface area (Å²) in [4.78, 5) is 11.4. The van der Waals surface area contributed by atoms with Gasteiger partial charge in [-0.15, -0.1) is 19.7 Å². The molecule has 0 amide bonds. The smallest absolute Gasteiger partial charge is 0.307 e. The van der Waals surface area contributed by atoms with E-state index in [-0.39, 0.29) is 12.6 Å². The van der Waals surface area contributed by atoms with E-state index in [1.807, 2.05) is 6.08 Å². The number of carbonyl (C=O) groups is 1. The fourth-order valence-electron chi connectivity index (χ4n) is 2.80. The van der Waals surface area contributed by atoms with E-state index in [1.54, 1.807) is 6.08 Å². The number of ether oxygens (including phenoxy) is 1. The number of rotatable bonds is 13. The van der Waals surface area contributed by atoms with Crippen LogP contribution in [0.15, 0.2) is 38.0 Å². The molecule has 0 aromatic heterocycles. The molecule has 0 N–H and O–H groups in total. The lowest BCUT2D eigenvalue weighted by Gasteiger charge is -2.26. The molecule has 2 nitrogen and oxygen atoms in total. The van der Waals surface area contributed by atoms with Gasteiger partial charge in [0, 0.05) is 12.8 Å². The van der Waals surface area contributed by atoms with Crippen molar-refractivity contribution in [3.8, 4) is 11.8 Å². The highest BCUT2D eigenvalue weighted by atomic mass is 16.5. The van der Waals surface area contributed by atoms with Gasteiger partial charge in [-0.2, -0.15) is 0 Å². The third-order valence-electron chi connectivity index (χ3n) is 4.17. The van der Waals surface area contributed by atoms with E-state index >= 15 is 0 Å². The molecular weight excluding hydrogens is 296 g/mol. The highest BCUT2D eigenvalue weighted by molar-refractivity contribution is 5.69. The average Bonchev–Trinajstić information content (AvgIpc) is 2.56. The highest BCUT2D eigenvalue weighted by Crippen LogP contribution is 2.29. The van der Waals surface area contributed by atoms with Gasteiger partial charge < -0.3 is 4.74 Å². The molecule has 0 heterocycles. The van der Waals surface area contributed by atoms with Crippen LogP contribution in [-0.2, 0) is 9.53 Å². The van der Waals surface area contributed by atoms with Gasteiger partial charge >= 0.3 is 5.97 Å². The standard InChI is InChI=1S/C22H34O2/c1-6-9-11-12-15-20(21(8-3)19(4)5)16-13-14-18-24-22(23)17-10-7-2/h6-8,19-21H,1-3,9-12,15-18H2,4-5H3/t20-,21+/m0/s1. The minimum atomic E-state index is -0.212.